The van der Waals surface area contributed by atoms with E-state index in [2.05, 4.69) is 15.5 Å². The Labute approximate surface area is 173 Å². The first-order chi connectivity index (χ1) is 14.7. The Hall–Kier alpha value is -3.33. The van der Waals surface area contributed by atoms with Crippen molar-refractivity contribution in [1.29, 1.82) is 0 Å². The van der Waals surface area contributed by atoms with Crippen molar-refractivity contribution in [3.05, 3.63) is 36.5 Å². The molecular formula is C21H24N4O5. The van der Waals surface area contributed by atoms with Gasteiger partial charge in [0.25, 0.3) is 5.89 Å². The third kappa shape index (κ3) is 4.30. The first kappa shape index (κ1) is 20.0. The van der Waals surface area contributed by atoms with E-state index in [1.165, 1.54) is 0 Å². The number of aromatic nitrogens is 3. The molecule has 1 amide bonds. The molecule has 1 aliphatic heterocycles. The molecule has 1 aromatic carbocycles. The van der Waals surface area contributed by atoms with Crippen LogP contribution in [0.2, 0.25) is 0 Å². The lowest BCUT2D eigenvalue weighted by molar-refractivity contribution is -0.122. The van der Waals surface area contributed by atoms with Crippen LogP contribution in [-0.4, -0.2) is 54.1 Å². The maximum atomic E-state index is 12.3. The fourth-order valence-corrected chi connectivity index (χ4v) is 3.41. The highest BCUT2D eigenvalue weighted by molar-refractivity contribution is 5.76. The molecule has 1 N–H and O–H groups in total. The minimum Gasteiger partial charge on any atom is -0.493 e. The van der Waals surface area contributed by atoms with Gasteiger partial charge in [-0.3, -0.25) is 4.79 Å². The lowest BCUT2D eigenvalue weighted by Gasteiger charge is -2.11. The van der Waals surface area contributed by atoms with Gasteiger partial charge in [-0.25, -0.2) is 0 Å². The van der Waals surface area contributed by atoms with E-state index in [1.54, 1.807) is 37.1 Å². The van der Waals surface area contributed by atoms with Crippen LogP contribution in [0.25, 0.3) is 23.0 Å². The number of rotatable bonds is 8. The van der Waals surface area contributed by atoms with E-state index < -0.39 is 0 Å². The molecule has 1 aliphatic rings. The van der Waals surface area contributed by atoms with Gasteiger partial charge in [0.1, 0.15) is 12.2 Å². The Morgan fingerprint density at radius 1 is 1.27 bits per heavy atom. The van der Waals surface area contributed by atoms with Gasteiger partial charge in [-0.05, 0) is 43.2 Å². The number of ether oxygens (including phenoxy) is 3. The number of hydrogen-bond donors (Lipinski definition) is 1. The molecular weight excluding hydrogens is 388 g/mol. The second kappa shape index (κ2) is 9.00. The maximum Gasteiger partial charge on any atom is 0.274 e. The molecule has 1 saturated heterocycles. The SMILES string of the molecule is COc1ccc(-c2noc(-c3cccn3CC(=O)NCC3CCCO3)n2)cc1OC. The standard InChI is InChI=1S/C21H24N4O5/c1-27-17-8-7-14(11-18(17)28-2)20-23-21(30-24-20)16-6-3-9-25(16)13-19(26)22-12-15-5-4-10-29-15/h3,6-9,11,15H,4-5,10,12-13H2,1-2H3,(H,22,26). The van der Waals surface area contributed by atoms with Gasteiger partial charge in [0, 0.05) is 24.9 Å². The molecule has 2 aromatic heterocycles. The van der Waals surface area contributed by atoms with Crippen LogP contribution in [0.1, 0.15) is 12.8 Å². The molecule has 0 spiro atoms. The van der Waals surface area contributed by atoms with Crippen LogP contribution in [-0.2, 0) is 16.1 Å². The van der Waals surface area contributed by atoms with E-state index >= 15 is 0 Å². The molecule has 3 heterocycles. The van der Waals surface area contributed by atoms with Gasteiger partial charge in [-0.15, -0.1) is 0 Å². The fourth-order valence-electron chi connectivity index (χ4n) is 3.41. The Morgan fingerprint density at radius 3 is 2.90 bits per heavy atom. The predicted octanol–water partition coefficient (Wildman–Crippen LogP) is 2.52. The number of benzene rings is 1. The summed E-state index contributed by atoms with van der Waals surface area (Å²) in [4.78, 5) is 16.8. The average Bonchev–Trinajstić information content (AvgIpc) is 3.53. The third-order valence-electron chi connectivity index (χ3n) is 4.98. The summed E-state index contributed by atoms with van der Waals surface area (Å²) in [5, 5.41) is 6.99. The minimum atomic E-state index is -0.0948. The number of amides is 1. The van der Waals surface area contributed by atoms with Crippen LogP contribution in [0.15, 0.2) is 41.1 Å². The van der Waals surface area contributed by atoms with Crippen molar-refractivity contribution in [2.75, 3.05) is 27.4 Å². The molecule has 1 atom stereocenters. The Bertz CT molecular complexity index is 1010. The van der Waals surface area contributed by atoms with Crippen molar-refractivity contribution in [2.45, 2.75) is 25.5 Å². The van der Waals surface area contributed by atoms with Gasteiger partial charge in [0.2, 0.25) is 11.7 Å². The summed E-state index contributed by atoms with van der Waals surface area (Å²) in [7, 11) is 3.15. The highest BCUT2D eigenvalue weighted by atomic mass is 16.5. The van der Waals surface area contributed by atoms with Gasteiger partial charge >= 0.3 is 0 Å². The number of nitrogens with zero attached hydrogens (tertiary/aromatic N) is 3. The van der Waals surface area contributed by atoms with E-state index in [0.29, 0.717) is 35.5 Å². The van der Waals surface area contributed by atoms with Gasteiger partial charge in [-0.2, -0.15) is 4.98 Å². The molecule has 0 aliphatic carbocycles. The zero-order chi connectivity index (χ0) is 20.9. The lowest BCUT2D eigenvalue weighted by Crippen LogP contribution is -2.34. The van der Waals surface area contributed by atoms with Crippen molar-refractivity contribution >= 4 is 5.91 Å². The molecule has 9 heteroatoms. The predicted molar refractivity (Wildman–Crippen MR) is 108 cm³/mol. The zero-order valence-corrected chi connectivity index (χ0v) is 17.0. The number of nitrogens with one attached hydrogen (secondary N) is 1. The summed E-state index contributed by atoms with van der Waals surface area (Å²) in [5.41, 5.74) is 1.40. The van der Waals surface area contributed by atoms with Crippen LogP contribution in [0, 0.1) is 0 Å². The molecule has 1 fully saturated rings. The average molecular weight is 412 g/mol. The maximum absolute atomic E-state index is 12.3. The Morgan fingerprint density at radius 2 is 2.13 bits per heavy atom. The largest absolute Gasteiger partial charge is 0.493 e. The summed E-state index contributed by atoms with van der Waals surface area (Å²) in [5.74, 6) is 1.85. The highest BCUT2D eigenvalue weighted by Gasteiger charge is 2.19. The number of carbonyl (C=O) groups is 1. The van der Waals surface area contributed by atoms with Gasteiger partial charge in [0.15, 0.2) is 11.5 Å². The highest BCUT2D eigenvalue weighted by Crippen LogP contribution is 2.32. The normalized spacial score (nSPS) is 15.9. The summed E-state index contributed by atoms with van der Waals surface area (Å²) >= 11 is 0. The van der Waals surface area contributed by atoms with Crippen molar-refractivity contribution < 1.29 is 23.5 Å². The number of methoxy groups -OCH3 is 2. The first-order valence-corrected chi connectivity index (χ1v) is 9.78. The Balaban J connectivity index is 1.46. The Kier molecular flexibility index (Phi) is 5.99. The van der Waals surface area contributed by atoms with Gasteiger partial charge < -0.3 is 28.6 Å². The third-order valence-corrected chi connectivity index (χ3v) is 4.98. The van der Waals surface area contributed by atoms with E-state index in [9.17, 15) is 4.79 Å². The second-order valence-electron chi connectivity index (χ2n) is 6.95. The minimum absolute atomic E-state index is 0.0948. The molecule has 0 radical (unpaired) electrons. The first-order valence-electron chi connectivity index (χ1n) is 9.78. The number of carbonyl (C=O) groups excluding carboxylic acids is 1. The topological polar surface area (TPSA) is 101 Å². The zero-order valence-electron chi connectivity index (χ0n) is 17.0. The molecule has 9 nitrogen and oxygen atoms in total. The lowest BCUT2D eigenvalue weighted by atomic mass is 10.2. The van der Waals surface area contributed by atoms with Gasteiger partial charge in [0.05, 0.1) is 20.3 Å². The van der Waals surface area contributed by atoms with Crippen LogP contribution in [0.4, 0.5) is 0 Å². The van der Waals surface area contributed by atoms with Crippen molar-refractivity contribution in [1.82, 2.24) is 20.0 Å². The molecule has 1 unspecified atom stereocenters. The summed E-state index contributed by atoms with van der Waals surface area (Å²) < 4.78 is 23.4. The molecule has 0 saturated carbocycles. The van der Waals surface area contributed by atoms with E-state index in [-0.39, 0.29) is 18.6 Å². The monoisotopic (exact) mass is 412 g/mol. The van der Waals surface area contributed by atoms with E-state index in [4.69, 9.17) is 18.7 Å². The number of hydrogen-bond acceptors (Lipinski definition) is 7. The fraction of sp³-hybridized carbons (Fsp3) is 0.381. The smallest absolute Gasteiger partial charge is 0.274 e. The summed E-state index contributed by atoms with van der Waals surface area (Å²) in [6.07, 6.45) is 3.94. The van der Waals surface area contributed by atoms with Crippen LogP contribution >= 0.6 is 0 Å². The molecule has 158 valence electrons. The van der Waals surface area contributed by atoms with Crippen LogP contribution < -0.4 is 14.8 Å². The molecule has 4 rings (SSSR count). The van der Waals surface area contributed by atoms with Crippen molar-refractivity contribution in [3.63, 3.8) is 0 Å². The van der Waals surface area contributed by atoms with E-state index in [1.807, 2.05) is 18.2 Å². The molecule has 0 bridgehead atoms. The summed E-state index contributed by atoms with van der Waals surface area (Å²) in [6.45, 7) is 1.45. The van der Waals surface area contributed by atoms with Gasteiger partial charge in [-0.1, -0.05) is 5.16 Å². The molecule has 3 aromatic rings. The quantitative estimate of drug-likeness (QED) is 0.607. The second-order valence-corrected chi connectivity index (χ2v) is 6.95. The van der Waals surface area contributed by atoms with Crippen LogP contribution in [0.3, 0.4) is 0 Å². The van der Waals surface area contributed by atoms with Crippen LogP contribution in [0.5, 0.6) is 11.5 Å². The van der Waals surface area contributed by atoms with Crippen molar-refractivity contribution in [2.24, 2.45) is 0 Å². The molecule has 30 heavy (non-hydrogen) atoms. The van der Waals surface area contributed by atoms with Crippen molar-refractivity contribution in [3.8, 4) is 34.5 Å². The summed E-state index contributed by atoms with van der Waals surface area (Å²) in [6, 6.07) is 9.06. The van der Waals surface area contributed by atoms with E-state index in [0.717, 1.165) is 25.0 Å².